The van der Waals surface area contributed by atoms with Gasteiger partial charge in [-0.2, -0.15) is 0 Å². The number of aliphatic hydroxyl groups excluding tert-OH is 1. The predicted octanol–water partition coefficient (Wildman–Crippen LogP) is 4.76. The molecule has 3 fully saturated rings. The third-order valence-corrected chi connectivity index (χ3v) is 11.6. The molecule has 3 aromatic rings. The van der Waals surface area contributed by atoms with Gasteiger partial charge >= 0.3 is 5.97 Å². The highest BCUT2D eigenvalue weighted by Gasteiger charge is 2.63. The summed E-state index contributed by atoms with van der Waals surface area (Å²) < 4.78 is 6.20. The lowest BCUT2D eigenvalue weighted by atomic mass is 9.70. The number of benzene rings is 2. The lowest BCUT2D eigenvalue weighted by Crippen LogP contribution is -2.47. The number of H-pyrrole nitrogens is 1. The summed E-state index contributed by atoms with van der Waals surface area (Å²) >= 11 is 0. The zero-order valence-corrected chi connectivity index (χ0v) is 26.7. The van der Waals surface area contributed by atoms with Crippen LogP contribution in [-0.2, 0) is 32.0 Å². The molecule has 6 atom stereocenters. The van der Waals surface area contributed by atoms with Gasteiger partial charge in [-0.05, 0) is 91.3 Å². The Morgan fingerprint density at radius 3 is 2.50 bits per heavy atom. The van der Waals surface area contributed by atoms with Crippen molar-refractivity contribution in [3.05, 3.63) is 53.7 Å². The second kappa shape index (κ2) is 12.0. The van der Waals surface area contributed by atoms with Gasteiger partial charge in [0.2, 0.25) is 5.91 Å². The molecular formula is C36H44N2O8. The summed E-state index contributed by atoms with van der Waals surface area (Å²) in [4.78, 5) is 46.1. The minimum Gasteiger partial charge on any atom is -0.508 e. The molecule has 2 heterocycles. The van der Waals surface area contributed by atoms with Gasteiger partial charge in [-0.1, -0.05) is 26.8 Å². The number of fused-ring (bicyclic) bond motifs is 3. The maximum absolute atomic E-state index is 14.3. The van der Waals surface area contributed by atoms with Crippen molar-refractivity contribution < 1.29 is 39.5 Å². The van der Waals surface area contributed by atoms with Crippen molar-refractivity contribution in [2.75, 3.05) is 6.54 Å². The van der Waals surface area contributed by atoms with Crippen molar-refractivity contribution in [1.82, 2.24) is 9.88 Å². The molecule has 10 nitrogen and oxygen atoms in total. The minimum atomic E-state index is -1.45. The number of phenolic OH excluding ortho intramolecular Hbond substituents is 3. The van der Waals surface area contributed by atoms with Crippen LogP contribution in [-0.4, -0.2) is 72.8 Å². The number of aromatic amines is 1. The van der Waals surface area contributed by atoms with Gasteiger partial charge in [0.05, 0.1) is 0 Å². The molecule has 1 aromatic heterocycles. The number of aromatic nitrogens is 1. The fraction of sp³-hybridized carbons (Fsp3) is 0.528. The average Bonchev–Trinajstić information content (AvgIpc) is 3.75. The van der Waals surface area contributed by atoms with Gasteiger partial charge in [-0.15, -0.1) is 0 Å². The first-order chi connectivity index (χ1) is 21.8. The van der Waals surface area contributed by atoms with E-state index in [9.17, 15) is 34.8 Å². The molecule has 1 saturated heterocycles. The van der Waals surface area contributed by atoms with Crippen molar-refractivity contribution in [2.45, 2.75) is 90.4 Å². The highest BCUT2D eigenvalue weighted by Crippen LogP contribution is 2.66. The van der Waals surface area contributed by atoms with Crippen LogP contribution in [0.4, 0.5) is 0 Å². The second-order valence-electron chi connectivity index (χ2n) is 14.4. The molecule has 246 valence electrons. The van der Waals surface area contributed by atoms with E-state index in [0.29, 0.717) is 30.9 Å². The number of aliphatic hydroxyl groups is 1. The number of amides is 1. The van der Waals surface area contributed by atoms with E-state index < -0.39 is 29.8 Å². The van der Waals surface area contributed by atoms with E-state index in [-0.39, 0.29) is 59.4 Å². The second-order valence-corrected chi connectivity index (χ2v) is 14.4. The number of hydrogen-bond acceptors (Lipinski definition) is 8. The number of carbonyl (C=O) groups is 3. The largest absolute Gasteiger partial charge is 0.508 e. The predicted molar refractivity (Wildman–Crippen MR) is 170 cm³/mol. The van der Waals surface area contributed by atoms with Crippen LogP contribution >= 0.6 is 0 Å². The molecule has 0 radical (unpaired) electrons. The molecular weight excluding hydrogens is 588 g/mol. The molecule has 10 heteroatoms. The highest BCUT2D eigenvalue weighted by atomic mass is 16.5. The molecule has 6 rings (SSSR count). The summed E-state index contributed by atoms with van der Waals surface area (Å²) in [6.45, 7) is 7.09. The smallest absolute Gasteiger partial charge is 0.329 e. The maximum Gasteiger partial charge on any atom is 0.329 e. The number of nitrogens with zero attached hydrogens (tertiary/aromatic N) is 1. The lowest BCUT2D eigenvalue weighted by Gasteiger charge is -2.39. The van der Waals surface area contributed by atoms with Crippen LogP contribution in [0.25, 0.3) is 10.9 Å². The SMILES string of the molecule is CC1(C)C2CCC1(C)C(OC(=O)C1CCCN1C(=O)C(CC(=O)C(O)Cc1ccc(O)c(O)c1)Cc1c[nH]c3ccc(O)cc13)C2. The number of ketones is 1. The number of carbonyl (C=O) groups excluding carboxylic acids is 3. The fourth-order valence-corrected chi connectivity index (χ4v) is 8.30. The lowest BCUT2D eigenvalue weighted by molar-refractivity contribution is -0.165. The van der Waals surface area contributed by atoms with Crippen LogP contribution in [0.3, 0.4) is 0 Å². The molecule has 46 heavy (non-hydrogen) atoms. The van der Waals surface area contributed by atoms with Gasteiger partial charge in [-0.3, -0.25) is 9.59 Å². The highest BCUT2D eigenvalue weighted by molar-refractivity contribution is 5.92. The van der Waals surface area contributed by atoms with Gasteiger partial charge in [0.1, 0.15) is 24.0 Å². The number of Topliss-reactive ketones (excluding diaryl/α,β-unsaturated/α-hetero) is 1. The molecule has 2 bridgehead atoms. The third kappa shape index (κ3) is 5.61. The Balaban J connectivity index is 1.21. The van der Waals surface area contributed by atoms with Gasteiger partial charge in [0, 0.05) is 47.8 Å². The normalized spacial score (nSPS) is 26.3. The number of phenols is 3. The summed E-state index contributed by atoms with van der Waals surface area (Å²) in [6.07, 6.45) is 3.95. The number of aromatic hydroxyl groups is 3. The van der Waals surface area contributed by atoms with Gasteiger partial charge in [0.15, 0.2) is 17.3 Å². The molecule has 5 N–H and O–H groups in total. The Bertz CT molecular complexity index is 1660. The van der Waals surface area contributed by atoms with Crippen molar-refractivity contribution in [1.29, 1.82) is 0 Å². The van der Waals surface area contributed by atoms with E-state index in [1.165, 1.54) is 18.2 Å². The third-order valence-electron chi connectivity index (χ3n) is 11.6. The van der Waals surface area contributed by atoms with Crippen molar-refractivity contribution >= 4 is 28.6 Å². The molecule has 1 aliphatic heterocycles. The average molecular weight is 633 g/mol. The Hall–Kier alpha value is -4.05. The quantitative estimate of drug-likeness (QED) is 0.158. The Morgan fingerprint density at radius 2 is 1.80 bits per heavy atom. The minimum absolute atomic E-state index is 0.0692. The van der Waals surface area contributed by atoms with E-state index in [1.54, 1.807) is 29.3 Å². The van der Waals surface area contributed by atoms with Crippen LogP contribution < -0.4 is 0 Å². The summed E-state index contributed by atoms with van der Waals surface area (Å²) in [6, 6.07) is 8.22. The van der Waals surface area contributed by atoms with Gasteiger partial charge in [-0.25, -0.2) is 4.79 Å². The molecule has 2 aliphatic carbocycles. The molecule has 6 unspecified atom stereocenters. The molecule has 1 amide bonds. The number of rotatable bonds is 10. The number of likely N-dealkylation sites (tertiary alicyclic amines) is 1. The van der Waals surface area contributed by atoms with E-state index in [2.05, 4.69) is 25.8 Å². The fourth-order valence-electron chi connectivity index (χ4n) is 8.30. The first-order valence-electron chi connectivity index (χ1n) is 16.3. The molecule has 2 aromatic carbocycles. The van der Waals surface area contributed by atoms with E-state index in [1.807, 2.05) is 0 Å². The summed E-state index contributed by atoms with van der Waals surface area (Å²) in [5, 5.41) is 41.2. The Labute approximate surface area is 268 Å². The van der Waals surface area contributed by atoms with E-state index in [4.69, 9.17) is 4.74 Å². The van der Waals surface area contributed by atoms with Gasteiger partial charge in [0.25, 0.3) is 0 Å². The molecule has 0 spiro atoms. The molecule has 2 saturated carbocycles. The summed E-state index contributed by atoms with van der Waals surface area (Å²) in [5.41, 5.74) is 1.90. The maximum atomic E-state index is 14.3. The zero-order valence-electron chi connectivity index (χ0n) is 26.7. The number of ether oxygens (including phenoxy) is 1. The van der Waals surface area contributed by atoms with Crippen LogP contribution in [0.1, 0.15) is 70.4 Å². The number of esters is 1. The van der Waals surface area contributed by atoms with Crippen molar-refractivity contribution in [2.24, 2.45) is 22.7 Å². The Kier molecular flexibility index (Phi) is 8.29. The topological polar surface area (TPSA) is 160 Å². The van der Waals surface area contributed by atoms with Crippen LogP contribution in [0, 0.1) is 22.7 Å². The number of hydrogen-bond donors (Lipinski definition) is 5. The standard InChI is InChI=1S/C36H44N2O8/c1-35(2)23-10-11-36(35,3)32(17-23)46-34(45)27-5-4-12-38(27)33(44)21(15-22-19-37-26-8-7-24(39)18-25(22)26)16-31(43)30(42)14-20-6-9-28(40)29(41)13-20/h6-9,13,18-19,21,23,27,30,32,37,39-42H,4-5,10-12,14-17H2,1-3H3. The summed E-state index contributed by atoms with van der Waals surface area (Å²) in [7, 11) is 0. The van der Waals surface area contributed by atoms with Gasteiger partial charge < -0.3 is 35.0 Å². The first kappa shape index (κ1) is 31.9. The van der Waals surface area contributed by atoms with Crippen molar-refractivity contribution in [3.63, 3.8) is 0 Å². The zero-order chi connectivity index (χ0) is 33.0. The number of nitrogens with one attached hydrogen (secondary N) is 1. The van der Waals surface area contributed by atoms with E-state index in [0.717, 1.165) is 35.7 Å². The van der Waals surface area contributed by atoms with Crippen LogP contribution in [0.15, 0.2) is 42.6 Å². The monoisotopic (exact) mass is 632 g/mol. The van der Waals surface area contributed by atoms with Crippen LogP contribution in [0.5, 0.6) is 17.2 Å². The first-order valence-corrected chi connectivity index (χ1v) is 16.3. The summed E-state index contributed by atoms with van der Waals surface area (Å²) in [5.74, 6) is -2.28. The van der Waals surface area contributed by atoms with Crippen LogP contribution in [0.2, 0.25) is 0 Å². The van der Waals surface area contributed by atoms with E-state index >= 15 is 0 Å². The molecule has 3 aliphatic rings. The van der Waals surface area contributed by atoms with Crippen molar-refractivity contribution in [3.8, 4) is 17.2 Å². The Morgan fingerprint density at radius 1 is 1.02 bits per heavy atom.